The Balaban J connectivity index is 0.000000221. The van der Waals surface area contributed by atoms with Gasteiger partial charge in [-0.1, -0.05) is 26.0 Å². The van der Waals surface area contributed by atoms with Gasteiger partial charge in [-0.25, -0.2) is 18.4 Å². The number of urea groups is 2. The van der Waals surface area contributed by atoms with Crippen molar-refractivity contribution in [3.8, 4) is 11.5 Å². The Morgan fingerprint density at radius 3 is 1.58 bits per heavy atom. The summed E-state index contributed by atoms with van der Waals surface area (Å²) in [6, 6.07) is 17.2. The number of ketones is 1. The van der Waals surface area contributed by atoms with E-state index in [1.807, 2.05) is 5.32 Å². The summed E-state index contributed by atoms with van der Waals surface area (Å²) in [6.45, 7) is 10.8. The van der Waals surface area contributed by atoms with E-state index < -0.39 is 48.6 Å². The van der Waals surface area contributed by atoms with Gasteiger partial charge in [0, 0.05) is 81.7 Å². The van der Waals surface area contributed by atoms with Gasteiger partial charge in [0.1, 0.15) is 11.6 Å². The highest BCUT2D eigenvalue weighted by atomic mass is 19.3. The summed E-state index contributed by atoms with van der Waals surface area (Å²) >= 11 is 0. The van der Waals surface area contributed by atoms with Crippen molar-refractivity contribution >= 4 is 35.1 Å². The maximum absolute atomic E-state index is 13.9. The van der Waals surface area contributed by atoms with E-state index in [-0.39, 0.29) is 36.6 Å². The predicted molar refractivity (Wildman–Crippen MR) is 233 cm³/mol. The molecule has 0 saturated carbocycles. The van der Waals surface area contributed by atoms with Crippen LogP contribution in [0.3, 0.4) is 0 Å². The molecule has 2 aromatic carbocycles. The lowest BCUT2D eigenvalue weighted by Gasteiger charge is -2.37. The number of carbonyl (C=O) groups excluding carboxylic acids is 4. The molecule has 3 aromatic heterocycles. The topological polar surface area (TPSA) is 164 Å². The zero-order valence-electron chi connectivity index (χ0n) is 36.7. The minimum Gasteiger partial charge on any atom is -0.415 e. The van der Waals surface area contributed by atoms with E-state index in [4.69, 9.17) is 4.42 Å². The Morgan fingerprint density at radius 1 is 0.672 bits per heavy atom. The molecule has 0 aliphatic carbocycles. The molecule has 2 fully saturated rings. The second kappa shape index (κ2) is 23.5. The van der Waals surface area contributed by atoms with Crippen LogP contribution >= 0.6 is 0 Å². The number of alkyl halides is 4. The largest absolute Gasteiger partial charge is 0.415 e. The standard InChI is InChI=1S/C23H26F3N5O3.C22H23F3N6O2/c1-2-29-8-10-30(11-9-29)23(34)31(19-5-3-4-17(24)12-19)15-18-7-6-16(13-27-18)20(32)14-28-22(33)21(25)26;1-2-29-8-10-30(11-9-29)22(32)31(18-5-3-4-16(23)12-18)14-17-7-6-15(13-26-17)20-27-28-21(33-20)19(24)25/h3-7,12-13,21H,2,8-11,14-15H2,1H3,(H,28,33);3-7,12-13,19H,2,8-11,14H2,1H3. The number of likely N-dealkylation sites (N-methyl/N-ethyl adjacent to an activating group) is 2. The molecule has 5 heterocycles. The van der Waals surface area contributed by atoms with Gasteiger partial charge >= 0.3 is 24.9 Å². The fourth-order valence-corrected chi connectivity index (χ4v) is 7.12. The van der Waals surface area contributed by atoms with E-state index in [1.165, 1.54) is 64.7 Å². The van der Waals surface area contributed by atoms with Crippen LogP contribution in [0, 0.1) is 11.6 Å². The number of aromatic nitrogens is 4. The smallest absolute Gasteiger partial charge is 0.324 e. The lowest BCUT2D eigenvalue weighted by atomic mass is 10.1. The first-order chi connectivity index (χ1) is 32.2. The third kappa shape index (κ3) is 13.6. The zero-order valence-corrected chi connectivity index (χ0v) is 36.7. The molecule has 0 atom stereocenters. The first-order valence-corrected chi connectivity index (χ1v) is 21.4. The Kier molecular flexibility index (Phi) is 17.4. The number of hydrogen-bond donors (Lipinski definition) is 1. The SMILES string of the molecule is CCN1CCN(C(=O)N(Cc2ccc(-c3nnc(C(F)F)o3)cn2)c2cccc(F)c2)CC1.CCN1CCN(C(=O)N(Cc2ccc(C(=O)CNC(=O)C(F)F)cn2)c2cccc(F)c2)CC1. The van der Waals surface area contributed by atoms with Crippen LogP contribution in [0.15, 0.2) is 89.6 Å². The molecule has 0 bridgehead atoms. The Labute approximate surface area is 382 Å². The molecule has 16 nitrogen and oxygen atoms in total. The van der Waals surface area contributed by atoms with Crippen molar-refractivity contribution in [3.05, 3.63) is 120 Å². The highest BCUT2D eigenvalue weighted by Gasteiger charge is 2.29. The van der Waals surface area contributed by atoms with Gasteiger partial charge in [0.2, 0.25) is 5.89 Å². The first kappa shape index (κ1) is 49.5. The van der Waals surface area contributed by atoms with Gasteiger partial charge in [-0.05, 0) is 73.8 Å². The Bertz CT molecular complexity index is 2430. The number of Topliss-reactive ketones (excluding diaryl/α,β-unsaturated/α-hetero) is 1. The summed E-state index contributed by atoms with van der Waals surface area (Å²) in [5, 5.41) is 8.76. The normalized spacial score (nSPS) is 14.4. The minimum atomic E-state index is -3.20. The summed E-state index contributed by atoms with van der Waals surface area (Å²) < 4.78 is 82.6. The highest BCUT2D eigenvalue weighted by molar-refractivity contribution is 5.99. The molecule has 2 aliphatic heterocycles. The molecule has 2 aliphatic rings. The maximum Gasteiger partial charge on any atom is 0.324 e. The van der Waals surface area contributed by atoms with E-state index in [2.05, 4.69) is 43.8 Å². The Morgan fingerprint density at radius 2 is 1.18 bits per heavy atom. The molecule has 356 valence electrons. The lowest BCUT2D eigenvalue weighted by molar-refractivity contribution is -0.131. The molecule has 0 radical (unpaired) electrons. The van der Waals surface area contributed by atoms with Crippen LogP contribution in [0.25, 0.3) is 11.5 Å². The number of anilines is 2. The average molecular weight is 938 g/mol. The second-order valence-corrected chi connectivity index (χ2v) is 15.3. The molecular weight excluding hydrogens is 889 g/mol. The summed E-state index contributed by atoms with van der Waals surface area (Å²) in [7, 11) is 0. The minimum absolute atomic E-state index is 0.0346. The number of carbonyl (C=O) groups is 4. The predicted octanol–water partition coefficient (Wildman–Crippen LogP) is 6.52. The van der Waals surface area contributed by atoms with E-state index in [9.17, 15) is 45.5 Å². The van der Waals surface area contributed by atoms with Crippen molar-refractivity contribution in [2.75, 3.05) is 81.8 Å². The first-order valence-electron chi connectivity index (χ1n) is 21.4. The molecule has 7 rings (SSSR count). The highest BCUT2D eigenvalue weighted by Crippen LogP contribution is 2.25. The van der Waals surface area contributed by atoms with Gasteiger partial charge in [-0.2, -0.15) is 17.6 Å². The summed E-state index contributed by atoms with van der Waals surface area (Å²) in [6.07, 6.45) is -3.40. The van der Waals surface area contributed by atoms with Gasteiger partial charge < -0.3 is 29.3 Å². The van der Waals surface area contributed by atoms with Gasteiger partial charge in [-0.3, -0.25) is 29.4 Å². The Hall–Kier alpha value is -6.94. The van der Waals surface area contributed by atoms with E-state index in [1.54, 1.807) is 40.1 Å². The van der Waals surface area contributed by atoms with E-state index >= 15 is 0 Å². The zero-order chi connectivity index (χ0) is 48.0. The molecule has 67 heavy (non-hydrogen) atoms. The van der Waals surface area contributed by atoms with Crippen LogP contribution in [0.1, 0.15) is 47.9 Å². The van der Waals surface area contributed by atoms with Crippen LogP contribution in [0.2, 0.25) is 0 Å². The van der Waals surface area contributed by atoms with E-state index in [0.29, 0.717) is 54.5 Å². The number of nitrogens with zero attached hydrogens (tertiary/aromatic N) is 10. The molecule has 22 heteroatoms. The number of rotatable bonds is 14. The van der Waals surface area contributed by atoms with Crippen molar-refractivity contribution in [2.24, 2.45) is 0 Å². The fraction of sp³-hybridized carbons (Fsp3) is 0.378. The molecule has 0 unspecified atom stereocenters. The van der Waals surface area contributed by atoms with Crippen molar-refractivity contribution in [1.82, 2.24) is 45.1 Å². The number of amides is 5. The van der Waals surface area contributed by atoms with Crippen molar-refractivity contribution < 1.29 is 49.9 Å². The lowest BCUT2D eigenvalue weighted by Crippen LogP contribution is -2.52. The number of benzene rings is 2. The van der Waals surface area contributed by atoms with Gasteiger partial charge in [0.15, 0.2) is 5.78 Å². The average Bonchev–Trinajstić information content (AvgIpc) is 3.85. The van der Waals surface area contributed by atoms with Crippen molar-refractivity contribution in [2.45, 2.75) is 39.8 Å². The molecule has 2 saturated heterocycles. The summed E-state index contributed by atoms with van der Waals surface area (Å²) in [5.41, 5.74) is 2.26. The van der Waals surface area contributed by atoms with Crippen LogP contribution in [0.5, 0.6) is 0 Å². The number of halogens is 6. The molecule has 5 aromatic rings. The fourth-order valence-electron chi connectivity index (χ4n) is 7.12. The molecular formula is C45H49F6N11O5. The maximum atomic E-state index is 13.9. The third-order valence-corrected chi connectivity index (χ3v) is 11.0. The number of pyridine rings is 2. The van der Waals surface area contributed by atoms with Crippen LogP contribution in [0.4, 0.5) is 47.3 Å². The monoisotopic (exact) mass is 937 g/mol. The van der Waals surface area contributed by atoms with Gasteiger partial charge in [0.25, 0.3) is 11.8 Å². The summed E-state index contributed by atoms with van der Waals surface area (Å²) in [4.78, 5) is 69.1. The van der Waals surface area contributed by atoms with Crippen molar-refractivity contribution in [3.63, 3.8) is 0 Å². The van der Waals surface area contributed by atoms with Crippen LogP contribution in [-0.2, 0) is 17.9 Å². The van der Waals surface area contributed by atoms with Crippen LogP contribution < -0.4 is 15.1 Å². The van der Waals surface area contributed by atoms with Gasteiger partial charge in [-0.15, -0.1) is 10.2 Å². The number of nitrogens with one attached hydrogen (secondary N) is 1. The molecule has 0 spiro atoms. The second-order valence-electron chi connectivity index (χ2n) is 15.3. The van der Waals surface area contributed by atoms with Gasteiger partial charge in [0.05, 0.1) is 36.6 Å². The van der Waals surface area contributed by atoms with E-state index in [0.717, 1.165) is 39.3 Å². The summed E-state index contributed by atoms with van der Waals surface area (Å²) in [5.74, 6) is -3.88. The number of hydrogen-bond acceptors (Lipinski definition) is 11. The van der Waals surface area contributed by atoms with Crippen molar-refractivity contribution in [1.29, 1.82) is 0 Å². The van der Waals surface area contributed by atoms with Crippen LogP contribution in [-0.4, -0.2) is 142 Å². The molecule has 5 amide bonds. The number of piperazine rings is 2. The quantitative estimate of drug-likeness (QED) is 0.0953. The third-order valence-electron chi connectivity index (χ3n) is 11.0. The molecule has 1 N–H and O–H groups in total.